The van der Waals surface area contributed by atoms with Crippen molar-refractivity contribution in [3.05, 3.63) is 30.1 Å². The average molecular weight is 265 g/mol. The van der Waals surface area contributed by atoms with Crippen LogP contribution in [0.5, 0.6) is 0 Å². The van der Waals surface area contributed by atoms with Crippen molar-refractivity contribution >= 4 is 16.7 Å². The second kappa shape index (κ2) is 4.70. The van der Waals surface area contributed by atoms with Gasteiger partial charge in [0.2, 0.25) is 0 Å². The summed E-state index contributed by atoms with van der Waals surface area (Å²) < 4.78 is 26.6. The summed E-state index contributed by atoms with van der Waals surface area (Å²) in [7, 11) is 0. The predicted octanol–water partition coefficient (Wildman–Crippen LogP) is 1.87. The van der Waals surface area contributed by atoms with Crippen molar-refractivity contribution in [3.8, 4) is 0 Å². The van der Waals surface area contributed by atoms with E-state index in [1.807, 2.05) is 4.90 Å². The van der Waals surface area contributed by atoms with Crippen molar-refractivity contribution in [3.63, 3.8) is 0 Å². The second-order valence-corrected chi connectivity index (χ2v) is 4.72. The van der Waals surface area contributed by atoms with E-state index in [2.05, 4.69) is 9.97 Å². The lowest BCUT2D eigenvalue weighted by molar-refractivity contribution is 0.154. The van der Waals surface area contributed by atoms with Crippen LogP contribution in [0.25, 0.3) is 10.9 Å². The van der Waals surface area contributed by atoms with E-state index < -0.39 is 17.7 Å². The Morgan fingerprint density at radius 3 is 2.79 bits per heavy atom. The number of hydrogen-bond donors (Lipinski definition) is 1. The van der Waals surface area contributed by atoms with E-state index in [0.29, 0.717) is 23.3 Å². The molecular weight excluding hydrogens is 252 g/mol. The Balaban J connectivity index is 2.10. The van der Waals surface area contributed by atoms with Crippen LogP contribution in [0.1, 0.15) is 12.8 Å². The maximum absolute atomic E-state index is 13.4. The molecule has 2 aromatic rings. The number of fused-ring (bicyclic) bond motifs is 1. The number of piperidine rings is 1. The topological polar surface area (TPSA) is 49.2 Å². The number of nitrogens with zero attached hydrogens (tertiary/aromatic N) is 3. The first-order chi connectivity index (χ1) is 9.15. The SMILES string of the molecule is O[C@H]1CCCN(c2ncnc3cc(F)c(F)cc23)C1. The Morgan fingerprint density at radius 1 is 1.21 bits per heavy atom. The molecule has 3 rings (SSSR count). The Hall–Kier alpha value is -1.82. The fourth-order valence-electron chi connectivity index (χ4n) is 2.44. The predicted molar refractivity (Wildman–Crippen MR) is 66.9 cm³/mol. The summed E-state index contributed by atoms with van der Waals surface area (Å²) in [5, 5.41) is 10.2. The standard InChI is InChI=1S/C13H13F2N3O/c14-10-4-9-12(5-11(10)15)16-7-17-13(9)18-3-1-2-8(19)6-18/h4-5,7-8,19H,1-3,6H2/t8-/m0/s1. The van der Waals surface area contributed by atoms with Gasteiger partial charge in [-0.15, -0.1) is 0 Å². The van der Waals surface area contributed by atoms with Gasteiger partial charge >= 0.3 is 0 Å². The summed E-state index contributed by atoms with van der Waals surface area (Å²) >= 11 is 0. The number of anilines is 1. The van der Waals surface area contributed by atoms with Gasteiger partial charge in [-0.3, -0.25) is 0 Å². The fraction of sp³-hybridized carbons (Fsp3) is 0.385. The van der Waals surface area contributed by atoms with Crippen LogP contribution in [0.15, 0.2) is 18.5 Å². The minimum absolute atomic E-state index is 0.365. The zero-order chi connectivity index (χ0) is 13.4. The molecule has 1 aromatic carbocycles. The van der Waals surface area contributed by atoms with E-state index in [4.69, 9.17) is 0 Å². The first-order valence-corrected chi connectivity index (χ1v) is 6.18. The highest BCUT2D eigenvalue weighted by molar-refractivity contribution is 5.89. The highest BCUT2D eigenvalue weighted by Crippen LogP contribution is 2.27. The van der Waals surface area contributed by atoms with Crippen molar-refractivity contribution in [2.45, 2.75) is 18.9 Å². The molecule has 0 aliphatic carbocycles. The lowest BCUT2D eigenvalue weighted by Crippen LogP contribution is -2.38. The Morgan fingerprint density at radius 2 is 2.00 bits per heavy atom. The van der Waals surface area contributed by atoms with Gasteiger partial charge in [0, 0.05) is 24.5 Å². The molecule has 0 saturated carbocycles. The van der Waals surface area contributed by atoms with Crippen LogP contribution in [-0.2, 0) is 0 Å². The molecule has 1 fully saturated rings. The molecule has 0 amide bonds. The van der Waals surface area contributed by atoms with Crippen molar-refractivity contribution in [2.24, 2.45) is 0 Å². The summed E-state index contributed by atoms with van der Waals surface area (Å²) in [6.45, 7) is 1.19. The number of β-amino-alcohol motifs (C(OH)–C–C–N with tert-alkyl or cyclic N) is 1. The Labute approximate surface area is 108 Å². The minimum atomic E-state index is -0.921. The molecule has 1 saturated heterocycles. The van der Waals surface area contributed by atoms with Gasteiger partial charge in [0.25, 0.3) is 0 Å². The number of halogens is 2. The van der Waals surface area contributed by atoms with Gasteiger partial charge in [0.15, 0.2) is 11.6 Å². The lowest BCUT2D eigenvalue weighted by Gasteiger charge is -2.31. The molecular formula is C13H13F2N3O. The Bertz CT molecular complexity index is 620. The number of aliphatic hydroxyl groups excluding tert-OH is 1. The zero-order valence-electron chi connectivity index (χ0n) is 10.2. The number of aliphatic hydroxyl groups is 1. The van der Waals surface area contributed by atoms with Gasteiger partial charge in [0.1, 0.15) is 12.1 Å². The number of rotatable bonds is 1. The van der Waals surface area contributed by atoms with Gasteiger partial charge in [-0.2, -0.15) is 0 Å². The third-order valence-corrected chi connectivity index (χ3v) is 3.35. The molecule has 0 radical (unpaired) electrons. The monoisotopic (exact) mass is 265 g/mol. The van der Waals surface area contributed by atoms with Crippen LogP contribution in [-0.4, -0.2) is 34.3 Å². The van der Waals surface area contributed by atoms with Crippen molar-refractivity contribution in [1.82, 2.24) is 9.97 Å². The van der Waals surface area contributed by atoms with E-state index >= 15 is 0 Å². The van der Waals surface area contributed by atoms with Crippen molar-refractivity contribution in [1.29, 1.82) is 0 Å². The zero-order valence-corrected chi connectivity index (χ0v) is 10.2. The highest BCUT2D eigenvalue weighted by atomic mass is 19.2. The van der Waals surface area contributed by atoms with Crippen LogP contribution in [0.3, 0.4) is 0 Å². The van der Waals surface area contributed by atoms with E-state index in [1.165, 1.54) is 6.33 Å². The summed E-state index contributed by atoms with van der Waals surface area (Å²) in [6, 6.07) is 2.18. The van der Waals surface area contributed by atoms with E-state index in [1.54, 1.807) is 0 Å². The van der Waals surface area contributed by atoms with Crippen LogP contribution >= 0.6 is 0 Å². The third kappa shape index (κ3) is 2.23. The molecule has 1 aliphatic heterocycles. The molecule has 1 aliphatic rings. The van der Waals surface area contributed by atoms with Crippen LogP contribution in [0.2, 0.25) is 0 Å². The molecule has 0 spiro atoms. The highest BCUT2D eigenvalue weighted by Gasteiger charge is 2.21. The van der Waals surface area contributed by atoms with Crippen molar-refractivity contribution < 1.29 is 13.9 Å². The molecule has 100 valence electrons. The minimum Gasteiger partial charge on any atom is -0.391 e. The maximum Gasteiger partial charge on any atom is 0.161 e. The van der Waals surface area contributed by atoms with Crippen molar-refractivity contribution in [2.75, 3.05) is 18.0 Å². The number of benzene rings is 1. The van der Waals surface area contributed by atoms with E-state index in [-0.39, 0.29) is 0 Å². The molecule has 19 heavy (non-hydrogen) atoms. The third-order valence-electron chi connectivity index (χ3n) is 3.35. The summed E-state index contributed by atoms with van der Waals surface area (Å²) in [5.41, 5.74) is 0.365. The van der Waals surface area contributed by atoms with E-state index in [9.17, 15) is 13.9 Å². The molecule has 2 heterocycles. The molecule has 6 heteroatoms. The molecule has 1 aromatic heterocycles. The number of aromatic nitrogens is 2. The van der Waals surface area contributed by atoms with Gasteiger partial charge in [-0.25, -0.2) is 18.7 Å². The fourth-order valence-corrected chi connectivity index (χ4v) is 2.44. The van der Waals surface area contributed by atoms with Gasteiger partial charge in [-0.05, 0) is 18.9 Å². The lowest BCUT2D eigenvalue weighted by atomic mass is 10.1. The first kappa shape index (κ1) is 12.2. The Kier molecular flexibility index (Phi) is 3.02. The van der Waals surface area contributed by atoms with Gasteiger partial charge in [0.05, 0.1) is 11.6 Å². The first-order valence-electron chi connectivity index (χ1n) is 6.18. The normalized spacial score (nSPS) is 19.9. The maximum atomic E-state index is 13.4. The molecule has 1 N–H and O–H groups in total. The number of hydrogen-bond acceptors (Lipinski definition) is 4. The smallest absolute Gasteiger partial charge is 0.161 e. The van der Waals surface area contributed by atoms with E-state index in [0.717, 1.165) is 31.5 Å². The average Bonchev–Trinajstić information content (AvgIpc) is 2.39. The van der Waals surface area contributed by atoms with Crippen LogP contribution in [0.4, 0.5) is 14.6 Å². The molecule has 1 atom stereocenters. The molecule has 0 bridgehead atoms. The second-order valence-electron chi connectivity index (χ2n) is 4.72. The summed E-state index contributed by atoms with van der Waals surface area (Å²) in [5.74, 6) is -1.29. The molecule has 4 nitrogen and oxygen atoms in total. The van der Waals surface area contributed by atoms with Crippen LogP contribution in [0, 0.1) is 11.6 Å². The summed E-state index contributed by atoms with van der Waals surface area (Å²) in [4.78, 5) is 9.99. The van der Waals surface area contributed by atoms with Gasteiger partial charge in [-0.1, -0.05) is 0 Å². The largest absolute Gasteiger partial charge is 0.391 e. The quantitative estimate of drug-likeness (QED) is 0.855. The molecule has 0 unspecified atom stereocenters. The van der Waals surface area contributed by atoms with Gasteiger partial charge < -0.3 is 10.0 Å². The van der Waals surface area contributed by atoms with Crippen LogP contribution < -0.4 is 4.90 Å². The summed E-state index contributed by atoms with van der Waals surface area (Å²) in [6.07, 6.45) is 2.51.